The average molecular weight is 627 g/mol. The highest BCUT2D eigenvalue weighted by Crippen LogP contribution is 2.47. The zero-order valence-electron chi connectivity index (χ0n) is 24.5. The molecule has 7 rings (SSSR count). The largest absolute Gasteiger partial charge is 0.490 e. The summed E-state index contributed by atoms with van der Waals surface area (Å²) in [5.41, 5.74) is 4.53. The topological polar surface area (TPSA) is 98.3 Å². The van der Waals surface area contributed by atoms with Crippen LogP contribution in [0.3, 0.4) is 0 Å². The van der Waals surface area contributed by atoms with Crippen molar-refractivity contribution < 1.29 is 23.4 Å². The number of thiophene rings is 1. The molecule has 5 heterocycles. The predicted octanol–water partition coefficient (Wildman–Crippen LogP) is 6.12. The molecule has 0 saturated carbocycles. The Morgan fingerprint density at radius 3 is 2.80 bits per heavy atom. The smallest absolute Gasteiger partial charge is 0.246 e. The molecule has 1 aliphatic rings. The number of halogens is 2. The first-order valence-corrected chi connectivity index (χ1v) is 15.2. The lowest BCUT2D eigenvalue weighted by molar-refractivity contribution is -0.129. The molecule has 1 N–H and O–H groups in total. The van der Waals surface area contributed by atoms with Gasteiger partial charge in [0.1, 0.15) is 35.4 Å². The highest BCUT2D eigenvalue weighted by Gasteiger charge is 2.31. The Bertz CT molecular complexity index is 2130. The van der Waals surface area contributed by atoms with Gasteiger partial charge in [0, 0.05) is 52.3 Å². The van der Waals surface area contributed by atoms with Crippen molar-refractivity contribution in [3.63, 3.8) is 0 Å². The minimum absolute atomic E-state index is 0.0246. The van der Waals surface area contributed by atoms with Gasteiger partial charge < -0.3 is 14.7 Å². The number of nitrogens with zero attached hydrogens (tertiary/aromatic N) is 6. The molecule has 0 unspecified atom stereocenters. The van der Waals surface area contributed by atoms with E-state index in [1.54, 1.807) is 15.8 Å². The van der Waals surface area contributed by atoms with Crippen LogP contribution in [0.2, 0.25) is 0 Å². The van der Waals surface area contributed by atoms with Gasteiger partial charge in [0.05, 0.1) is 47.9 Å². The van der Waals surface area contributed by atoms with Crippen LogP contribution >= 0.6 is 11.3 Å². The quantitative estimate of drug-likeness (QED) is 0.215. The number of benzene rings is 2. The third-order valence-corrected chi connectivity index (χ3v) is 9.14. The average Bonchev–Trinajstić information content (AvgIpc) is 3.78. The molecule has 0 radical (unpaired) electrons. The predicted molar refractivity (Wildman–Crippen MR) is 169 cm³/mol. The van der Waals surface area contributed by atoms with Gasteiger partial charge in [0.25, 0.3) is 0 Å². The SMILES string of the molecule is C=CC(=O)N1CCn2nc(-c3nc(-c4ccc5c(cnn5C)c4)c4ccsc4c3-c3c(F)cc(F)cc3OCCO)cc2[C@H]1C. The van der Waals surface area contributed by atoms with Crippen molar-refractivity contribution in [2.45, 2.75) is 19.5 Å². The summed E-state index contributed by atoms with van der Waals surface area (Å²) in [6, 6.07) is 11.4. The number of carbonyl (C=O) groups excluding carboxylic acids is 1. The van der Waals surface area contributed by atoms with Crippen molar-refractivity contribution in [3.05, 3.63) is 84.0 Å². The van der Waals surface area contributed by atoms with Crippen LogP contribution in [0.25, 0.3) is 54.8 Å². The number of ether oxygens (including phenoxy) is 1. The van der Waals surface area contributed by atoms with Crippen LogP contribution in [0.15, 0.2) is 66.7 Å². The van der Waals surface area contributed by atoms with E-state index < -0.39 is 11.6 Å². The summed E-state index contributed by atoms with van der Waals surface area (Å²) in [7, 11) is 1.88. The maximum atomic E-state index is 15.9. The Hall–Kier alpha value is -4.94. The van der Waals surface area contributed by atoms with Crippen LogP contribution in [-0.2, 0) is 18.4 Å². The number of fused-ring (bicyclic) bond motifs is 3. The summed E-state index contributed by atoms with van der Waals surface area (Å²) in [5.74, 6) is -1.86. The molecule has 0 fully saturated rings. The lowest BCUT2D eigenvalue weighted by Gasteiger charge is -2.33. The van der Waals surface area contributed by atoms with Crippen molar-refractivity contribution in [3.8, 4) is 39.5 Å². The normalized spacial score (nSPS) is 14.7. The van der Waals surface area contributed by atoms with E-state index in [2.05, 4.69) is 11.7 Å². The molecular formula is C33H28F2N6O3S. The van der Waals surface area contributed by atoms with Crippen molar-refractivity contribution in [1.82, 2.24) is 29.4 Å². The Labute approximate surface area is 260 Å². The molecule has 0 spiro atoms. The lowest BCUT2D eigenvalue weighted by atomic mass is 9.96. The second-order valence-corrected chi connectivity index (χ2v) is 11.7. The molecule has 1 aliphatic heterocycles. The number of hydrogen-bond donors (Lipinski definition) is 1. The van der Waals surface area contributed by atoms with Crippen LogP contribution in [-0.4, -0.2) is 60.2 Å². The molecule has 2 aromatic carbocycles. The van der Waals surface area contributed by atoms with Gasteiger partial charge in [0.2, 0.25) is 5.91 Å². The van der Waals surface area contributed by atoms with E-state index in [9.17, 15) is 14.3 Å². The van der Waals surface area contributed by atoms with Crippen LogP contribution in [0.1, 0.15) is 18.7 Å². The molecule has 45 heavy (non-hydrogen) atoms. The molecule has 0 saturated heterocycles. The highest BCUT2D eigenvalue weighted by atomic mass is 32.1. The highest BCUT2D eigenvalue weighted by molar-refractivity contribution is 7.18. The Morgan fingerprint density at radius 2 is 2.00 bits per heavy atom. The van der Waals surface area contributed by atoms with E-state index in [0.717, 1.165) is 39.7 Å². The monoisotopic (exact) mass is 626 g/mol. The molecular weight excluding hydrogens is 598 g/mol. The summed E-state index contributed by atoms with van der Waals surface area (Å²) in [6.07, 6.45) is 3.09. The zero-order valence-corrected chi connectivity index (χ0v) is 25.3. The summed E-state index contributed by atoms with van der Waals surface area (Å²) >= 11 is 1.40. The molecule has 0 aliphatic carbocycles. The summed E-state index contributed by atoms with van der Waals surface area (Å²) in [4.78, 5) is 19.5. The van der Waals surface area contributed by atoms with Crippen molar-refractivity contribution in [2.24, 2.45) is 7.05 Å². The number of aliphatic hydroxyl groups excluding tert-OH is 1. The van der Waals surface area contributed by atoms with E-state index in [0.29, 0.717) is 40.4 Å². The number of carbonyl (C=O) groups is 1. The van der Waals surface area contributed by atoms with Gasteiger partial charge in [-0.2, -0.15) is 10.2 Å². The van der Waals surface area contributed by atoms with E-state index in [1.165, 1.54) is 17.4 Å². The second kappa shape index (κ2) is 11.2. The number of aliphatic hydroxyl groups is 1. The Balaban J connectivity index is 1.52. The number of pyridine rings is 1. The first-order valence-electron chi connectivity index (χ1n) is 14.4. The van der Waals surface area contributed by atoms with Crippen molar-refractivity contribution in [2.75, 3.05) is 19.8 Å². The number of rotatable bonds is 7. The van der Waals surface area contributed by atoms with E-state index in [1.807, 2.05) is 54.4 Å². The third-order valence-electron chi connectivity index (χ3n) is 8.20. The van der Waals surface area contributed by atoms with Gasteiger partial charge in [-0.3, -0.25) is 14.2 Å². The van der Waals surface area contributed by atoms with Gasteiger partial charge in [-0.25, -0.2) is 13.8 Å². The number of aromatic nitrogens is 5. The van der Waals surface area contributed by atoms with E-state index in [4.69, 9.17) is 14.8 Å². The van der Waals surface area contributed by atoms with Crippen LogP contribution in [0.5, 0.6) is 5.75 Å². The third kappa shape index (κ3) is 4.77. The number of amides is 1. The minimum atomic E-state index is -0.828. The van der Waals surface area contributed by atoms with Crippen LogP contribution < -0.4 is 4.74 Å². The molecule has 4 aromatic heterocycles. The maximum absolute atomic E-state index is 15.9. The Kier molecular flexibility index (Phi) is 7.17. The summed E-state index contributed by atoms with van der Waals surface area (Å²) < 4.78 is 40.5. The molecule has 12 heteroatoms. The zero-order chi connectivity index (χ0) is 31.4. The molecule has 1 amide bonds. The second-order valence-electron chi connectivity index (χ2n) is 10.8. The van der Waals surface area contributed by atoms with Gasteiger partial charge in [-0.15, -0.1) is 11.3 Å². The van der Waals surface area contributed by atoms with Crippen molar-refractivity contribution in [1.29, 1.82) is 0 Å². The van der Waals surface area contributed by atoms with E-state index in [-0.39, 0.29) is 36.5 Å². The Morgan fingerprint density at radius 1 is 1.16 bits per heavy atom. The maximum Gasteiger partial charge on any atom is 0.246 e. The fourth-order valence-corrected chi connectivity index (χ4v) is 7.02. The first-order chi connectivity index (χ1) is 21.8. The summed E-state index contributed by atoms with van der Waals surface area (Å²) in [5, 5.41) is 22.3. The fraction of sp³-hybridized carbons (Fsp3) is 0.212. The van der Waals surface area contributed by atoms with Gasteiger partial charge in [-0.1, -0.05) is 12.6 Å². The standard InChI is InChI=1S/C33H28F2N6O3S/c1-4-28(43)40-8-9-41-26(18(40)2)16-24(38-41)32-30(29-23(35)14-21(34)15-27(29)44-11-10-42)33-22(7-12-45-33)31(37-32)19-5-6-25-20(13-19)17-36-39(25)3/h4-7,12-18,42H,1,8-11H2,2-3H3/t18-/m1/s1. The minimum Gasteiger partial charge on any atom is -0.490 e. The van der Waals surface area contributed by atoms with E-state index >= 15 is 4.39 Å². The summed E-state index contributed by atoms with van der Waals surface area (Å²) in [6.45, 7) is 5.97. The first kappa shape index (κ1) is 28.8. The van der Waals surface area contributed by atoms with Crippen LogP contribution in [0, 0.1) is 11.6 Å². The number of hydrogen-bond acceptors (Lipinski definition) is 7. The van der Waals surface area contributed by atoms with Gasteiger partial charge in [0.15, 0.2) is 0 Å². The molecule has 1 atom stereocenters. The lowest BCUT2D eigenvalue weighted by Crippen LogP contribution is -2.40. The van der Waals surface area contributed by atoms with Gasteiger partial charge in [-0.05, 0) is 42.6 Å². The molecule has 228 valence electrons. The molecule has 6 aromatic rings. The fourth-order valence-electron chi connectivity index (χ4n) is 6.07. The molecule has 9 nitrogen and oxygen atoms in total. The van der Waals surface area contributed by atoms with Crippen molar-refractivity contribution >= 4 is 38.2 Å². The molecule has 0 bridgehead atoms. The van der Waals surface area contributed by atoms with Gasteiger partial charge >= 0.3 is 0 Å². The van der Waals surface area contributed by atoms with Crippen LogP contribution in [0.4, 0.5) is 8.78 Å². The number of aryl methyl sites for hydroxylation is 1.